The van der Waals surface area contributed by atoms with Gasteiger partial charge < -0.3 is 19.1 Å². The van der Waals surface area contributed by atoms with Crippen molar-refractivity contribution in [2.75, 3.05) is 38.1 Å². The molecule has 2 aromatic carbocycles. The van der Waals surface area contributed by atoms with Crippen LogP contribution in [0.4, 0.5) is 10.1 Å². The SMILES string of the molecule is COc1cc2c(Oc3ccc(NS(=O)c4ccn(C)n4)cc3F)ccnc2cc1OCCCN1CCCC(C)C1. The molecule has 4 aromatic rings. The van der Waals surface area contributed by atoms with Crippen molar-refractivity contribution in [3.63, 3.8) is 0 Å². The fourth-order valence-corrected chi connectivity index (χ4v) is 5.70. The van der Waals surface area contributed by atoms with E-state index < -0.39 is 16.8 Å². The van der Waals surface area contributed by atoms with Crippen LogP contribution in [0.1, 0.15) is 26.2 Å². The minimum atomic E-state index is -1.62. The normalized spacial score (nSPS) is 16.6. The molecule has 1 saturated heterocycles. The molecule has 1 N–H and O–H groups in total. The number of rotatable bonds is 11. The summed E-state index contributed by atoms with van der Waals surface area (Å²) in [5.41, 5.74) is 0.981. The summed E-state index contributed by atoms with van der Waals surface area (Å²) in [5, 5.41) is 5.11. The highest BCUT2D eigenvalue weighted by Crippen LogP contribution is 2.38. The van der Waals surface area contributed by atoms with Crippen molar-refractivity contribution in [1.29, 1.82) is 0 Å². The third-order valence-electron chi connectivity index (χ3n) is 6.85. The van der Waals surface area contributed by atoms with Crippen LogP contribution in [0, 0.1) is 11.7 Å². The Kier molecular flexibility index (Phi) is 8.81. The summed E-state index contributed by atoms with van der Waals surface area (Å²) in [7, 11) is 1.69. The van der Waals surface area contributed by atoms with Crippen LogP contribution in [-0.2, 0) is 18.0 Å². The molecule has 11 heteroatoms. The first-order valence-electron chi connectivity index (χ1n) is 13.4. The van der Waals surface area contributed by atoms with Crippen LogP contribution in [0.3, 0.4) is 0 Å². The molecular weight excluding hydrogens is 533 g/mol. The van der Waals surface area contributed by atoms with Crippen LogP contribution in [0.2, 0.25) is 0 Å². The molecule has 0 aliphatic carbocycles. The van der Waals surface area contributed by atoms with Gasteiger partial charge >= 0.3 is 0 Å². The quantitative estimate of drug-likeness (QED) is 0.238. The molecule has 0 amide bonds. The van der Waals surface area contributed by atoms with E-state index in [9.17, 15) is 8.60 Å². The molecular formula is C29H34FN5O4S. The molecule has 0 spiro atoms. The minimum Gasteiger partial charge on any atom is -0.493 e. The van der Waals surface area contributed by atoms with Gasteiger partial charge in [0.2, 0.25) is 0 Å². The number of fused-ring (bicyclic) bond motifs is 1. The summed E-state index contributed by atoms with van der Waals surface area (Å²) in [5.74, 6) is 1.74. The highest BCUT2D eigenvalue weighted by atomic mass is 32.2. The molecule has 40 heavy (non-hydrogen) atoms. The van der Waals surface area contributed by atoms with Crippen molar-refractivity contribution in [2.45, 2.75) is 31.2 Å². The minimum absolute atomic E-state index is 0.0213. The fourth-order valence-electron chi connectivity index (χ4n) is 4.87. The molecule has 0 bridgehead atoms. The van der Waals surface area contributed by atoms with Gasteiger partial charge in [0.25, 0.3) is 0 Å². The zero-order valence-electron chi connectivity index (χ0n) is 22.9. The number of ether oxygens (including phenoxy) is 3. The molecule has 0 saturated carbocycles. The number of benzene rings is 2. The maximum atomic E-state index is 15.0. The molecule has 2 atom stereocenters. The molecule has 2 aromatic heterocycles. The highest BCUT2D eigenvalue weighted by Gasteiger charge is 2.17. The van der Waals surface area contributed by atoms with E-state index in [1.807, 2.05) is 6.07 Å². The molecule has 1 fully saturated rings. The zero-order chi connectivity index (χ0) is 28.1. The van der Waals surface area contributed by atoms with Gasteiger partial charge in [0.1, 0.15) is 5.75 Å². The van der Waals surface area contributed by atoms with Crippen LogP contribution < -0.4 is 18.9 Å². The predicted molar refractivity (Wildman–Crippen MR) is 153 cm³/mol. The van der Waals surface area contributed by atoms with Crippen molar-refractivity contribution in [3.05, 3.63) is 60.7 Å². The number of methoxy groups -OCH3 is 1. The number of nitrogens with zero attached hydrogens (tertiary/aromatic N) is 4. The topological polar surface area (TPSA) is 90.7 Å². The largest absolute Gasteiger partial charge is 0.493 e. The van der Waals surface area contributed by atoms with E-state index in [-0.39, 0.29) is 5.75 Å². The maximum Gasteiger partial charge on any atom is 0.171 e. The third kappa shape index (κ3) is 6.71. The lowest BCUT2D eigenvalue weighted by Crippen LogP contribution is -2.35. The van der Waals surface area contributed by atoms with Gasteiger partial charge in [-0.1, -0.05) is 6.92 Å². The van der Waals surface area contributed by atoms with Crippen molar-refractivity contribution in [1.82, 2.24) is 19.7 Å². The monoisotopic (exact) mass is 567 g/mol. The van der Waals surface area contributed by atoms with Gasteiger partial charge in [0.15, 0.2) is 39.1 Å². The van der Waals surface area contributed by atoms with E-state index >= 15 is 0 Å². The van der Waals surface area contributed by atoms with Crippen LogP contribution in [0.15, 0.2) is 59.9 Å². The first-order valence-corrected chi connectivity index (χ1v) is 14.5. The fraction of sp³-hybridized carbons (Fsp3) is 0.379. The molecule has 3 heterocycles. The second kappa shape index (κ2) is 12.6. The van der Waals surface area contributed by atoms with Crippen LogP contribution in [0.25, 0.3) is 10.9 Å². The summed E-state index contributed by atoms with van der Waals surface area (Å²) in [4.78, 5) is 6.96. The van der Waals surface area contributed by atoms with Gasteiger partial charge in [-0.15, -0.1) is 0 Å². The van der Waals surface area contributed by atoms with E-state index in [1.165, 1.54) is 25.0 Å². The second-order valence-corrected chi connectivity index (χ2v) is 11.2. The number of hydrogen-bond donors (Lipinski definition) is 1. The molecule has 2 unspecified atom stereocenters. The van der Waals surface area contributed by atoms with Crippen molar-refractivity contribution in [2.24, 2.45) is 13.0 Å². The molecule has 212 valence electrons. The Balaban J connectivity index is 1.26. The Morgan fingerprint density at radius 1 is 1.12 bits per heavy atom. The van der Waals surface area contributed by atoms with Gasteiger partial charge in [-0.3, -0.25) is 14.4 Å². The smallest absolute Gasteiger partial charge is 0.171 e. The number of nitrogens with one attached hydrogen (secondary N) is 1. The molecule has 9 nitrogen and oxygen atoms in total. The van der Waals surface area contributed by atoms with Crippen LogP contribution in [0.5, 0.6) is 23.0 Å². The van der Waals surface area contributed by atoms with Crippen LogP contribution >= 0.6 is 0 Å². The molecule has 0 radical (unpaired) electrons. The maximum absolute atomic E-state index is 15.0. The summed E-state index contributed by atoms with van der Waals surface area (Å²) < 4.78 is 49.4. The Bertz CT molecular complexity index is 1500. The van der Waals surface area contributed by atoms with Gasteiger partial charge in [-0.05, 0) is 62.1 Å². The lowest BCUT2D eigenvalue weighted by molar-refractivity contribution is 0.169. The van der Waals surface area contributed by atoms with E-state index in [2.05, 4.69) is 26.6 Å². The number of pyridine rings is 1. The Labute approximate surface area is 235 Å². The zero-order valence-corrected chi connectivity index (χ0v) is 23.7. The summed E-state index contributed by atoms with van der Waals surface area (Å²) in [6, 6.07) is 11.2. The average Bonchev–Trinajstić information content (AvgIpc) is 3.39. The van der Waals surface area contributed by atoms with Crippen molar-refractivity contribution >= 4 is 27.6 Å². The summed E-state index contributed by atoms with van der Waals surface area (Å²) >= 11 is 0. The highest BCUT2D eigenvalue weighted by molar-refractivity contribution is 7.86. The van der Waals surface area contributed by atoms with E-state index in [0.29, 0.717) is 45.5 Å². The standard InChI is InChI=1S/C29H34FN5O4S/c1-20-6-4-12-35(19-20)13-5-15-38-28-18-24-22(17-27(28)37-3)25(9-11-31-24)39-26-8-7-21(16-23(26)30)33-40(36)29-10-14-34(2)32-29/h7-11,14,16-18,20,33H,4-6,12-13,15,19H2,1-3H3. The summed E-state index contributed by atoms with van der Waals surface area (Å²) in [6.07, 6.45) is 6.78. The Morgan fingerprint density at radius 3 is 2.75 bits per heavy atom. The lowest BCUT2D eigenvalue weighted by Gasteiger charge is -2.30. The second-order valence-electron chi connectivity index (χ2n) is 10.0. The Hall–Kier alpha value is -3.70. The average molecular weight is 568 g/mol. The molecule has 5 rings (SSSR count). The van der Waals surface area contributed by atoms with Crippen molar-refractivity contribution < 1.29 is 22.8 Å². The first kappa shape index (κ1) is 27.9. The number of aromatic nitrogens is 3. The predicted octanol–water partition coefficient (Wildman–Crippen LogP) is 5.54. The van der Waals surface area contributed by atoms with Crippen LogP contribution in [-0.4, -0.2) is 57.2 Å². The third-order valence-corrected chi connectivity index (χ3v) is 7.86. The summed E-state index contributed by atoms with van der Waals surface area (Å²) in [6.45, 7) is 6.19. The number of hydrogen-bond acceptors (Lipinski definition) is 7. The molecule has 1 aliphatic heterocycles. The number of aryl methyl sites for hydroxylation is 1. The number of likely N-dealkylation sites (tertiary alicyclic amines) is 1. The molecule has 1 aliphatic rings. The Morgan fingerprint density at radius 2 is 2.00 bits per heavy atom. The van der Waals surface area contributed by atoms with E-state index in [0.717, 1.165) is 32.0 Å². The van der Waals surface area contributed by atoms with Gasteiger partial charge in [-0.2, -0.15) is 5.10 Å². The lowest BCUT2D eigenvalue weighted by atomic mass is 10.0. The number of anilines is 1. The van der Waals surface area contributed by atoms with E-state index in [4.69, 9.17) is 14.2 Å². The first-order chi connectivity index (χ1) is 19.4. The van der Waals surface area contributed by atoms with E-state index in [1.54, 1.807) is 55.5 Å². The van der Waals surface area contributed by atoms with Gasteiger partial charge in [0, 0.05) is 55.7 Å². The number of piperidine rings is 1. The number of halogens is 1. The van der Waals surface area contributed by atoms with Crippen molar-refractivity contribution in [3.8, 4) is 23.0 Å². The van der Waals surface area contributed by atoms with Gasteiger partial charge in [0.05, 0.1) is 19.2 Å². The van der Waals surface area contributed by atoms with Gasteiger partial charge in [-0.25, -0.2) is 8.60 Å².